The Kier molecular flexibility index (Phi) is 16.8. The van der Waals surface area contributed by atoms with E-state index in [0.29, 0.717) is 38.2 Å². The molecule has 0 aromatic carbocycles. The number of nitro groups is 1. The number of unbranched alkanes of at least 4 members (excludes halogenated alkanes) is 3. The van der Waals surface area contributed by atoms with Crippen molar-refractivity contribution in [2.75, 3.05) is 25.6 Å². The number of carbonyl (C=O) groups is 1. The smallest absolute Gasteiger partial charge is 0.433 e. The zero-order chi connectivity index (χ0) is 28.4. The highest BCUT2D eigenvalue weighted by Crippen LogP contribution is 2.53. The topological polar surface area (TPSA) is 132 Å². The second-order valence-corrected chi connectivity index (χ2v) is 11.3. The Bertz CT molecular complexity index is 988. The molecule has 12 heteroatoms. The molecule has 1 rings (SSSR count). The average molecular weight is 575 g/mol. The predicted molar refractivity (Wildman–Crippen MR) is 148 cm³/mol. The molecule has 0 aliphatic carbocycles. The van der Waals surface area contributed by atoms with Gasteiger partial charge in [0.1, 0.15) is 17.3 Å². The first kappa shape index (κ1) is 33.8. The summed E-state index contributed by atoms with van der Waals surface area (Å²) >= 11 is 5.80. The highest BCUT2D eigenvalue weighted by molar-refractivity contribution is 7.51. The molecule has 1 aromatic heterocycles. The SMILES string of the molecule is C=C/C(=C\COP(=O)(OCc1ccc([N+](=O)[O-])o1)N(CCCCCCl)CCCCC(=O)O)CCC=C(C)C. The normalized spacial score (nSPS) is 13.3. The minimum absolute atomic E-state index is 0.000715. The van der Waals surface area contributed by atoms with Crippen LogP contribution in [0.4, 0.5) is 5.88 Å². The van der Waals surface area contributed by atoms with Crippen LogP contribution in [-0.4, -0.2) is 46.2 Å². The van der Waals surface area contributed by atoms with Crippen molar-refractivity contribution in [2.24, 2.45) is 0 Å². The summed E-state index contributed by atoms with van der Waals surface area (Å²) in [5.74, 6) is -0.690. The number of aliphatic carboxylic acids is 1. The number of hydrogen-bond acceptors (Lipinski definition) is 7. The fourth-order valence-electron chi connectivity index (χ4n) is 3.43. The van der Waals surface area contributed by atoms with E-state index in [9.17, 15) is 19.5 Å². The molecule has 0 radical (unpaired) electrons. The van der Waals surface area contributed by atoms with Crippen molar-refractivity contribution in [3.8, 4) is 0 Å². The molecule has 1 aromatic rings. The van der Waals surface area contributed by atoms with Gasteiger partial charge in [0, 0.05) is 25.4 Å². The lowest BCUT2D eigenvalue weighted by molar-refractivity contribution is -0.402. The van der Waals surface area contributed by atoms with Crippen molar-refractivity contribution < 1.29 is 32.9 Å². The van der Waals surface area contributed by atoms with E-state index in [0.717, 1.165) is 31.3 Å². The molecule has 1 unspecified atom stereocenters. The van der Waals surface area contributed by atoms with Crippen molar-refractivity contribution >= 4 is 31.2 Å². The minimum Gasteiger partial charge on any atom is -0.481 e. The van der Waals surface area contributed by atoms with Gasteiger partial charge in [-0.25, -0.2) is 9.24 Å². The van der Waals surface area contributed by atoms with Crippen LogP contribution in [0.2, 0.25) is 0 Å². The molecule has 10 nitrogen and oxygen atoms in total. The summed E-state index contributed by atoms with van der Waals surface area (Å²) in [5.41, 5.74) is 2.15. The number of carboxylic acid groups (broad SMARTS) is 1. The fraction of sp³-hybridized carbons (Fsp3) is 0.577. The Hall–Kier alpha value is -2.23. The predicted octanol–water partition coefficient (Wildman–Crippen LogP) is 7.65. The zero-order valence-electron chi connectivity index (χ0n) is 22.3. The van der Waals surface area contributed by atoms with Crippen molar-refractivity contribution in [2.45, 2.75) is 71.8 Å². The summed E-state index contributed by atoms with van der Waals surface area (Å²) < 4.78 is 32.5. The molecule has 1 atom stereocenters. The zero-order valence-corrected chi connectivity index (χ0v) is 24.0. The number of furan rings is 1. The molecule has 0 spiro atoms. The molecule has 0 saturated carbocycles. The first-order valence-electron chi connectivity index (χ1n) is 12.7. The molecule has 214 valence electrons. The number of carboxylic acids is 1. The molecule has 1 heterocycles. The van der Waals surface area contributed by atoms with Crippen LogP contribution in [0.25, 0.3) is 0 Å². The lowest BCUT2D eigenvalue weighted by Gasteiger charge is -2.30. The van der Waals surface area contributed by atoms with Gasteiger partial charge >= 0.3 is 19.6 Å². The van der Waals surface area contributed by atoms with Crippen molar-refractivity contribution in [1.82, 2.24) is 4.67 Å². The largest absolute Gasteiger partial charge is 0.481 e. The van der Waals surface area contributed by atoms with E-state index in [1.165, 1.54) is 17.7 Å². The molecular weight excluding hydrogens is 535 g/mol. The fourth-order valence-corrected chi connectivity index (χ4v) is 5.35. The maximum absolute atomic E-state index is 14.1. The number of rotatable bonds is 22. The summed E-state index contributed by atoms with van der Waals surface area (Å²) in [6, 6.07) is 2.59. The Labute approximate surface area is 230 Å². The Morgan fingerprint density at radius 2 is 1.87 bits per heavy atom. The second-order valence-electron chi connectivity index (χ2n) is 8.89. The first-order valence-corrected chi connectivity index (χ1v) is 14.7. The van der Waals surface area contributed by atoms with Gasteiger partial charge in [0.05, 0.1) is 12.7 Å². The number of allylic oxidation sites excluding steroid dienone is 4. The third kappa shape index (κ3) is 14.1. The van der Waals surface area contributed by atoms with Gasteiger partial charge in [-0.15, -0.1) is 11.6 Å². The highest BCUT2D eigenvalue weighted by atomic mass is 35.5. The van der Waals surface area contributed by atoms with E-state index in [1.807, 2.05) is 13.8 Å². The maximum Gasteiger partial charge on any atom is 0.433 e. The van der Waals surface area contributed by atoms with Crippen LogP contribution in [0.15, 0.2) is 52.5 Å². The van der Waals surface area contributed by atoms with Crippen LogP contribution in [-0.2, 0) is 25.0 Å². The quantitative estimate of drug-likeness (QED) is 0.0282. The molecule has 1 N–H and O–H groups in total. The van der Waals surface area contributed by atoms with E-state index < -0.39 is 24.5 Å². The van der Waals surface area contributed by atoms with Gasteiger partial charge in [-0.05, 0) is 64.0 Å². The van der Waals surface area contributed by atoms with Gasteiger partial charge in [0.25, 0.3) is 0 Å². The van der Waals surface area contributed by atoms with Crippen molar-refractivity contribution in [3.05, 3.63) is 64.0 Å². The molecule has 0 aliphatic rings. The summed E-state index contributed by atoms with van der Waals surface area (Å²) in [5, 5.41) is 19.9. The van der Waals surface area contributed by atoms with Crippen LogP contribution < -0.4 is 0 Å². The van der Waals surface area contributed by atoms with Gasteiger partial charge in [-0.2, -0.15) is 0 Å². The van der Waals surface area contributed by atoms with Crippen LogP contribution >= 0.6 is 19.3 Å². The standard InChI is InChI=1S/C26H40ClN2O8P/c1-4-23(12-10-11-22(2)3)16-20-35-38(34,36-21-24-14-15-25(37-24)29(32)33)28(18-8-5-7-17-27)19-9-6-13-26(30)31/h4,11,14-16H,1,5-10,12-13,17-21H2,2-3H3,(H,30,31)/b23-16+. The van der Waals surface area contributed by atoms with E-state index in [4.69, 9.17) is 30.2 Å². The van der Waals surface area contributed by atoms with E-state index in [1.54, 1.807) is 16.8 Å². The van der Waals surface area contributed by atoms with E-state index in [2.05, 4.69) is 12.7 Å². The van der Waals surface area contributed by atoms with Gasteiger partial charge in [0.15, 0.2) is 0 Å². The van der Waals surface area contributed by atoms with E-state index in [-0.39, 0.29) is 25.4 Å². The second kappa shape index (κ2) is 18.9. The third-order valence-electron chi connectivity index (χ3n) is 5.48. The van der Waals surface area contributed by atoms with Gasteiger partial charge in [-0.3, -0.25) is 24.0 Å². The lowest BCUT2D eigenvalue weighted by Crippen LogP contribution is -2.26. The number of alkyl halides is 1. The van der Waals surface area contributed by atoms with Crippen molar-refractivity contribution in [1.29, 1.82) is 0 Å². The van der Waals surface area contributed by atoms with E-state index >= 15 is 0 Å². The summed E-state index contributed by atoms with van der Waals surface area (Å²) in [7, 11) is -3.90. The van der Waals surface area contributed by atoms with Gasteiger partial charge in [0.2, 0.25) is 0 Å². The molecule has 0 fully saturated rings. The molecule has 38 heavy (non-hydrogen) atoms. The first-order chi connectivity index (χ1) is 18.1. The summed E-state index contributed by atoms with van der Waals surface area (Å²) in [6.07, 6.45) is 10.4. The number of hydrogen-bond donors (Lipinski definition) is 1. The Morgan fingerprint density at radius 1 is 1.16 bits per heavy atom. The Balaban J connectivity index is 3.07. The monoisotopic (exact) mass is 574 g/mol. The van der Waals surface area contributed by atoms with Crippen LogP contribution in [0.1, 0.15) is 71.0 Å². The molecule has 0 bridgehead atoms. The number of nitrogens with zero attached hydrogens (tertiary/aromatic N) is 2. The van der Waals surface area contributed by atoms with Gasteiger partial charge in [-0.1, -0.05) is 36.8 Å². The Morgan fingerprint density at radius 3 is 2.45 bits per heavy atom. The number of halogens is 1. The van der Waals surface area contributed by atoms with Gasteiger partial charge < -0.3 is 9.52 Å². The molecule has 0 saturated heterocycles. The van der Waals surface area contributed by atoms with Crippen LogP contribution in [0.3, 0.4) is 0 Å². The lowest BCUT2D eigenvalue weighted by atomic mass is 10.1. The van der Waals surface area contributed by atoms with Crippen LogP contribution in [0, 0.1) is 10.1 Å². The highest BCUT2D eigenvalue weighted by Gasteiger charge is 2.34. The third-order valence-corrected chi connectivity index (χ3v) is 7.77. The molecule has 0 amide bonds. The molecular formula is C26H40ClN2O8P. The van der Waals surface area contributed by atoms with Crippen LogP contribution in [0.5, 0.6) is 0 Å². The molecule has 0 aliphatic heterocycles. The summed E-state index contributed by atoms with van der Waals surface area (Å²) in [6.45, 7) is 8.28. The summed E-state index contributed by atoms with van der Waals surface area (Å²) in [4.78, 5) is 21.2. The minimum atomic E-state index is -3.90. The van der Waals surface area contributed by atoms with Crippen molar-refractivity contribution in [3.63, 3.8) is 0 Å². The maximum atomic E-state index is 14.1. The average Bonchev–Trinajstić information content (AvgIpc) is 3.35.